The van der Waals surface area contributed by atoms with Crippen molar-refractivity contribution in [3.8, 4) is 11.5 Å². The average Bonchev–Trinajstić information content (AvgIpc) is 3.36. The minimum absolute atomic E-state index is 0.130. The van der Waals surface area contributed by atoms with Crippen LogP contribution in [0.15, 0.2) is 84.9 Å². The molecule has 0 spiro atoms. The summed E-state index contributed by atoms with van der Waals surface area (Å²) in [5.74, 6) is -1.81. The van der Waals surface area contributed by atoms with Crippen LogP contribution < -0.4 is 14.5 Å². The Morgan fingerprint density at radius 1 is 0.488 bits per heavy atom. The maximum Gasteiger partial charge on any atom is 0.266 e. The number of carbonyl (C=O) groups excluding carboxylic acids is 6. The molecule has 0 atom stereocenters. The third-order valence-corrected chi connectivity index (χ3v) is 7.02. The largest absolute Gasteiger partial charge is 0.457 e. The summed E-state index contributed by atoms with van der Waals surface area (Å²) in [6.07, 6.45) is 0. The molecule has 0 aliphatic carbocycles. The van der Waals surface area contributed by atoms with Crippen LogP contribution >= 0.6 is 0 Å². The molecule has 6 rings (SSSR count). The molecule has 0 radical (unpaired) electrons. The predicted octanol–water partition coefficient (Wildman–Crippen LogP) is 5.49. The van der Waals surface area contributed by atoms with E-state index in [1.165, 1.54) is 50.2 Å². The Morgan fingerprint density at radius 3 is 1.17 bits per heavy atom. The molecule has 0 saturated carbocycles. The molecule has 41 heavy (non-hydrogen) atoms. The Labute approximate surface area is 233 Å². The van der Waals surface area contributed by atoms with Gasteiger partial charge in [0.15, 0.2) is 11.6 Å². The number of ketones is 2. The molecule has 9 nitrogen and oxygen atoms in total. The molecule has 2 aliphatic heterocycles. The van der Waals surface area contributed by atoms with Crippen molar-refractivity contribution in [1.82, 2.24) is 0 Å². The predicted molar refractivity (Wildman–Crippen MR) is 148 cm³/mol. The second-order valence-electron chi connectivity index (χ2n) is 9.61. The molecule has 0 aromatic heterocycles. The lowest BCUT2D eigenvalue weighted by molar-refractivity contribution is 0.0910. The molecule has 4 aromatic carbocycles. The number of carbonyl (C=O) groups is 6. The first-order chi connectivity index (χ1) is 19.6. The quantitative estimate of drug-likeness (QED) is 0.233. The summed E-state index contributed by atoms with van der Waals surface area (Å²) in [7, 11) is 0. The van der Waals surface area contributed by atoms with Crippen LogP contribution in [-0.2, 0) is 0 Å². The van der Waals surface area contributed by atoms with Crippen LogP contribution in [0.5, 0.6) is 11.5 Å². The number of nitrogens with zero attached hydrogens (tertiary/aromatic N) is 2. The van der Waals surface area contributed by atoms with Crippen molar-refractivity contribution in [2.24, 2.45) is 0 Å². The summed E-state index contributed by atoms with van der Waals surface area (Å²) in [5.41, 5.74) is 2.32. The van der Waals surface area contributed by atoms with E-state index in [1.807, 2.05) is 0 Å². The van der Waals surface area contributed by atoms with Gasteiger partial charge in [-0.2, -0.15) is 0 Å². The topological polar surface area (TPSA) is 118 Å². The van der Waals surface area contributed by atoms with Crippen molar-refractivity contribution in [2.45, 2.75) is 13.8 Å². The van der Waals surface area contributed by atoms with Gasteiger partial charge in [-0.1, -0.05) is 0 Å². The summed E-state index contributed by atoms with van der Waals surface area (Å²) in [6.45, 7) is 2.86. The van der Waals surface area contributed by atoms with E-state index in [1.54, 1.807) is 48.5 Å². The van der Waals surface area contributed by atoms with Gasteiger partial charge in [-0.05, 0) is 98.8 Å². The van der Waals surface area contributed by atoms with Crippen LogP contribution in [0.1, 0.15) is 76.0 Å². The van der Waals surface area contributed by atoms with Crippen LogP contribution in [0.4, 0.5) is 11.4 Å². The highest BCUT2D eigenvalue weighted by atomic mass is 16.5. The Kier molecular flexibility index (Phi) is 5.92. The fourth-order valence-corrected chi connectivity index (χ4v) is 4.86. The molecule has 2 aliphatic rings. The normalized spacial score (nSPS) is 13.9. The Morgan fingerprint density at radius 2 is 0.829 bits per heavy atom. The van der Waals surface area contributed by atoms with E-state index in [2.05, 4.69) is 0 Å². The Bertz CT molecular complexity index is 1700. The summed E-state index contributed by atoms with van der Waals surface area (Å²) in [4.78, 5) is 77.6. The monoisotopic (exact) mass is 544 g/mol. The lowest BCUT2D eigenvalue weighted by Gasteiger charge is -2.14. The molecule has 0 fully saturated rings. The molecule has 4 aromatic rings. The molecular weight excluding hydrogens is 524 g/mol. The van der Waals surface area contributed by atoms with Gasteiger partial charge in [-0.25, -0.2) is 9.80 Å². The molecular formula is C32H20N2O7. The zero-order valence-electron chi connectivity index (χ0n) is 21.8. The fraction of sp³-hybridized carbons (Fsp3) is 0.0625. The molecule has 4 amide bonds. The fourth-order valence-electron chi connectivity index (χ4n) is 4.86. The van der Waals surface area contributed by atoms with Crippen molar-refractivity contribution in [1.29, 1.82) is 0 Å². The van der Waals surface area contributed by atoms with Gasteiger partial charge in [0.2, 0.25) is 0 Å². The molecule has 0 unspecified atom stereocenters. The van der Waals surface area contributed by atoms with Gasteiger partial charge in [0.05, 0.1) is 33.6 Å². The number of hydrogen-bond acceptors (Lipinski definition) is 7. The lowest BCUT2D eigenvalue weighted by atomic mass is 10.1. The van der Waals surface area contributed by atoms with Crippen molar-refractivity contribution >= 4 is 46.6 Å². The first kappa shape index (κ1) is 25.6. The number of Topliss-reactive ketones (excluding diaryl/α,β-unsaturated/α-hetero) is 2. The van der Waals surface area contributed by atoms with Crippen molar-refractivity contribution < 1.29 is 33.5 Å². The van der Waals surface area contributed by atoms with E-state index in [9.17, 15) is 28.8 Å². The number of hydrogen-bond donors (Lipinski definition) is 0. The second kappa shape index (κ2) is 9.49. The summed E-state index contributed by atoms with van der Waals surface area (Å²) < 4.78 is 5.92. The molecule has 0 N–H and O–H groups in total. The van der Waals surface area contributed by atoms with Gasteiger partial charge < -0.3 is 4.74 Å². The lowest BCUT2D eigenvalue weighted by Crippen LogP contribution is -2.29. The third-order valence-electron chi connectivity index (χ3n) is 7.02. The van der Waals surface area contributed by atoms with Gasteiger partial charge in [0.25, 0.3) is 23.6 Å². The van der Waals surface area contributed by atoms with Crippen LogP contribution in [0, 0.1) is 0 Å². The zero-order chi connectivity index (χ0) is 29.0. The molecule has 0 bridgehead atoms. The molecule has 200 valence electrons. The minimum Gasteiger partial charge on any atom is -0.457 e. The summed E-state index contributed by atoms with van der Waals surface area (Å²) in [6, 6.07) is 21.3. The molecule has 0 saturated heterocycles. The highest BCUT2D eigenvalue weighted by Gasteiger charge is 2.38. The van der Waals surface area contributed by atoms with E-state index in [0.717, 1.165) is 9.80 Å². The molecule has 9 heteroatoms. The van der Waals surface area contributed by atoms with Crippen molar-refractivity contribution in [3.05, 3.63) is 118 Å². The highest BCUT2D eigenvalue weighted by molar-refractivity contribution is 6.35. The van der Waals surface area contributed by atoms with E-state index >= 15 is 0 Å². The number of ether oxygens (including phenoxy) is 1. The van der Waals surface area contributed by atoms with E-state index in [0.29, 0.717) is 22.5 Å². The van der Waals surface area contributed by atoms with Crippen molar-refractivity contribution in [3.63, 3.8) is 0 Å². The summed E-state index contributed by atoms with van der Waals surface area (Å²) in [5, 5.41) is 0. The Hall–Kier alpha value is -5.70. The SMILES string of the molecule is CC(=O)c1ccc(N2C(=O)c3ccc(Oc4ccc5c(c4)C(=O)N(c4ccc(C(C)=O)cc4)C5=O)cc3C2=O)cc1. The van der Waals surface area contributed by atoms with Gasteiger partial charge in [0.1, 0.15) is 11.5 Å². The van der Waals surface area contributed by atoms with Crippen molar-refractivity contribution in [2.75, 3.05) is 9.80 Å². The van der Waals surface area contributed by atoms with Crippen LogP contribution in [0.3, 0.4) is 0 Å². The van der Waals surface area contributed by atoms with Crippen LogP contribution in [0.25, 0.3) is 0 Å². The third kappa shape index (κ3) is 4.20. The average molecular weight is 545 g/mol. The standard InChI is InChI=1S/C32H20N2O7/c1-17(35)19-3-7-21(8-4-19)33-29(37)25-13-11-23(15-27(25)31(33)39)41-24-12-14-26-28(16-24)32(40)34(30(26)38)22-9-5-20(6-10-22)18(2)36/h3-16H,1-2H3. The smallest absolute Gasteiger partial charge is 0.266 e. The number of benzene rings is 4. The minimum atomic E-state index is -0.535. The summed E-state index contributed by atoms with van der Waals surface area (Å²) >= 11 is 0. The van der Waals surface area contributed by atoms with Gasteiger partial charge >= 0.3 is 0 Å². The van der Waals surface area contributed by atoms with Gasteiger partial charge in [-0.15, -0.1) is 0 Å². The van der Waals surface area contributed by atoms with E-state index < -0.39 is 23.6 Å². The zero-order valence-corrected chi connectivity index (χ0v) is 21.8. The maximum absolute atomic E-state index is 13.2. The Balaban J connectivity index is 1.24. The number of rotatable bonds is 6. The highest BCUT2D eigenvalue weighted by Crippen LogP contribution is 2.35. The second-order valence-corrected chi connectivity index (χ2v) is 9.61. The van der Waals surface area contributed by atoms with Gasteiger partial charge in [-0.3, -0.25) is 28.8 Å². The van der Waals surface area contributed by atoms with E-state index in [-0.39, 0.29) is 45.3 Å². The number of anilines is 2. The number of amides is 4. The van der Waals surface area contributed by atoms with Crippen LogP contribution in [0.2, 0.25) is 0 Å². The maximum atomic E-state index is 13.2. The van der Waals surface area contributed by atoms with E-state index in [4.69, 9.17) is 4.74 Å². The number of fused-ring (bicyclic) bond motifs is 2. The number of imide groups is 2. The van der Waals surface area contributed by atoms with Crippen LogP contribution in [-0.4, -0.2) is 35.2 Å². The first-order valence-corrected chi connectivity index (χ1v) is 12.6. The van der Waals surface area contributed by atoms with Gasteiger partial charge in [0, 0.05) is 11.1 Å². The molecule has 2 heterocycles. The first-order valence-electron chi connectivity index (χ1n) is 12.6.